The molecule has 4 heteroatoms. The third-order valence-corrected chi connectivity index (χ3v) is 4.17. The van der Waals surface area contributed by atoms with E-state index in [1.807, 2.05) is 49.4 Å². The molecule has 3 rings (SSSR count). The van der Waals surface area contributed by atoms with Crippen molar-refractivity contribution in [1.82, 2.24) is 0 Å². The summed E-state index contributed by atoms with van der Waals surface area (Å²) in [7, 11) is 0. The molecule has 0 aliphatic heterocycles. The maximum Gasteiger partial charge on any atom is 0.145 e. The van der Waals surface area contributed by atoms with Crippen molar-refractivity contribution in [3.8, 4) is 17.1 Å². The molecule has 0 saturated heterocycles. The maximum atomic E-state index is 5.89. The SMILES string of the molecule is CCOc1ccccc1N=Cc1ccc(-c2ccc(C)cc2Br)o1. The van der Waals surface area contributed by atoms with Crippen LogP contribution in [0.5, 0.6) is 5.75 Å². The number of ether oxygens (including phenoxy) is 1. The number of para-hydroxylation sites is 2. The average molecular weight is 384 g/mol. The summed E-state index contributed by atoms with van der Waals surface area (Å²) in [6.45, 7) is 4.63. The van der Waals surface area contributed by atoms with E-state index in [0.717, 1.165) is 27.2 Å². The van der Waals surface area contributed by atoms with Crippen LogP contribution in [0, 0.1) is 6.92 Å². The molecule has 0 N–H and O–H groups in total. The summed E-state index contributed by atoms with van der Waals surface area (Å²) in [5.41, 5.74) is 3.01. The van der Waals surface area contributed by atoms with Gasteiger partial charge in [-0.2, -0.15) is 0 Å². The van der Waals surface area contributed by atoms with Gasteiger partial charge < -0.3 is 9.15 Å². The van der Waals surface area contributed by atoms with Crippen molar-refractivity contribution in [2.45, 2.75) is 13.8 Å². The number of rotatable bonds is 5. The second kappa shape index (κ2) is 7.49. The Morgan fingerprint density at radius 1 is 1.12 bits per heavy atom. The molecule has 0 atom stereocenters. The van der Waals surface area contributed by atoms with Gasteiger partial charge in [0, 0.05) is 10.0 Å². The largest absolute Gasteiger partial charge is 0.492 e. The van der Waals surface area contributed by atoms with Gasteiger partial charge in [0.25, 0.3) is 0 Å². The van der Waals surface area contributed by atoms with E-state index in [4.69, 9.17) is 9.15 Å². The molecule has 122 valence electrons. The van der Waals surface area contributed by atoms with E-state index in [1.165, 1.54) is 5.56 Å². The van der Waals surface area contributed by atoms with Gasteiger partial charge in [-0.15, -0.1) is 0 Å². The molecule has 1 aromatic heterocycles. The zero-order valence-corrected chi connectivity index (χ0v) is 15.2. The van der Waals surface area contributed by atoms with Crippen molar-refractivity contribution >= 4 is 27.8 Å². The van der Waals surface area contributed by atoms with Crippen LogP contribution in [0.4, 0.5) is 5.69 Å². The number of halogens is 1. The zero-order valence-electron chi connectivity index (χ0n) is 13.6. The Hall–Kier alpha value is -2.33. The zero-order chi connectivity index (χ0) is 16.9. The van der Waals surface area contributed by atoms with Gasteiger partial charge >= 0.3 is 0 Å². The van der Waals surface area contributed by atoms with E-state index in [9.17, 15) is 0 Å². The Bertz CT molecular complexity index is 868. The number of aryl methyl sites for hydroxylation is 1. The highest BCUT2D eigenvalue weighted by Gasteiger charge is 2.08. The molecule has 0 saturated carbocycles. The third-order valence-electron chi connectivity index (χ3n) is 3.51. The quantitative estimate of drug-likeness (QED) is 0.493. The summed E-state index contributed by atoms with van der Waals surface area (Å²) in [6.07, 6.45) is 1.71. The Kier molecular flexibility index (Phi) is 5.16. The second-order valence-electron chi connectivity index (χ2n) is 5.34. The van der Waals surface area contributed by atoms with Crippen LogP contribution in [0.25, 0.3) is 11.3 Å². The van der Waals surface area contributed by atoms with Gasteiger partial charge in [-0.05, 0) is 55.8 Å². The molecule has 0 aliphatic carbocycles. The van der Waals surface area contributed by atoms with E-state index in [-0.39, 0.29) is 0 Å². The highest BCUT2D eigenvalue weighted by Crippen LogP contribution is 2.31. The van der Waals surface area contributed by atoms with Crippen molar-refractivity contribution < 1.29 is 9.15 Å². The molecule has 0 fully saturated rings. The first-order valence-corrected chi connectivity index (χ1v) is 8.59. The molecule has 0 radical (unpaired) electrons. The normalized spacial score (nSPS) is 11.1. The number of nitrogens with zero attached hydrogens (tertiary/aromatic N) is 1. The lowest BCUT2D eigenvalue weighted by molar-refractivity contribution is 0.341. The first kappa shape index (κ1) is 16.5. The highest BCUT2D eigenvalue weighted by atomic mass is 79.9. The molecule has 0 aliphatic rings. The second-order valence-corrected chi connectivity index (χ2v) is 6.20. The van der Waals surface area contributed by atoms with Gasteiger partial charge in [-0.1, -0.05) is 34.1 Å². The molecule has 3 nitrogen and oxygen atoms in total. The Labute approximate surface area is 150 Å². The van der Waals surface area contributed by atoms with Crippen LogP contribution >= 0.6 is 15.9 Å². The summed E-state index contributed by atoms with van der Waals surface area (Å²) in [6, 6.07) is 17.7. The molecule has 0 unspecified atom stereocenters. The molecular weight excluding hydrogens is 366 g/mol. The van der Waals surface area contributed by atoms with Crippen molar-refractivity contribution in [3.63, 3.8) is 0 Å². The van der Waals surface area contributed by atoms with Crippen LogP contribution in [-0.4, -0.2) is 12.8 Å². The molecule has 24 heavy (non-hydrogen) atoms. The monoisotopic (exact) mass is 383 g/mol. The van der Waals surface area contributed by atoms with Gasteiger partial charge in [-0.25, -0.2) is 4.99 Å². The van der Waals surface area contributed by atoms with Gasteiger partial charge in [0.15, 0.2) is 0 Å². The molecule has 0 bridgehead atoms. The fourth-order valence-electron chi connectivity index (χ4n) is 2.36. The van der Waals surface area contributed by atoms with Crippen molar-refractivity contribution in [2.24, 2.45) is 4.99 Å². The van der Waals surface area contributed by atoms with Crippen molar-refractivity contribution in [3.05, 3.63) is 70.4 Å². The number of furan rings is 1. The van der Waals surface area contributed by atoms with Crippen LogP contribution in [0.2, 0.25) is 0 Å². The Morgan fingerprint density at radius 3 is 2.75 bits per heavy atom. The molecule has 3 aromatic rings. The van der Waals surface area contributed by atoms with E-state index in [0.29, 0.717) is 12.4 Å². The van der Waals surface area contributed by atoms with E-state index in [1.54, 1.807) is 6.21 Å². The van der Waals surface area contributed by atoms with Crippen molar-refractivity contribution in [1.29, 1.82) is 0 Å². The minimum absolute atomic E-state index is 0.610. The smallest absolute Gasteiger partial charge is 0.145 e. The standard InChI is InChI=1S/C20H18BrNO2/c1-3-23-20-7-5-4-6-18(20)22-13-15-9-11-19(24-15)16-10-8-14(2)12-17(16)21/h4-13H,3H2,1-2H3. The lowest BCUT2D eigenvalue weighted by atomic mass is 10.1. The summed E-state index contributed by atoms with van der Waals surface area (Å²) >= 11 is 3.59. The highest BCUT2D eigenvalue weighted by molar-refractivity contribution is 9.10. The first-order chi connectivity index (χ1) is 11.7. The van der Waals surface area contributed by atoms with Crippen molar-refractivity contribution in [2.75, 3.05) is 6.61 Å². The number of hydrogen-bond acceptors (Lipinski definition) is 3. The summed E-state index contributed by atoms with van der Waals surface area (Å²) in [5.74, 6) is 2.27. The fourth-order valence-corrected chi connectivity index (χ4v) is 3.05. The minimum Gasteiger partial charge on any atom is -0.492 e. The Balaban J connectivity index is 1.84. The summed E-state index contributed by atoms with van der Waals surface area (Å²) in [5, 5.41) is 0. The van der Waals surface area contributed by atoms with Crippen LogP contribution in [-0.2, 0) is 0 Å². The van der Waals surface area contributed by atoms with Gasteiger partial charge in [-0.3, -0.25) is 0 Å². The third kappa shape index (κ3) is 3.77. The van der Waals surface area contributed by atoms with E-state index < -0.39 is 0 Å². The number of aliphatic imine (C=N–C) groups is 1. The minimum atomic E-state index is 0.610. The predicted octanol–water partition coefficient (Wildman–Crippen LogP) is 6.17. The number of hydrogen-bond donors (Lipinski definition) is 0. The van der Waals surface area contributed by atoms with E-state index in [2.05, 4.69) is 40.0 Å². The lowest BCUT2D eigenvalue weighted by Crippen LogP contribution is -1.91. The molecule has 0 spiro atoms. The summed E-state index contributed by atoms with van der Waals surface area (Å²) in [4.78, 5) is 4.48. The maximum absolute atomic E-state index is 5.89. The van der Waals surface area contributed by atoms with E-state index >= 15 is 0 Å². The topological polar surface area (TPSA) is 34.7 Å². The number of benzene rings is 2. The predicted molar refractivity (Wildman–Crippen MR) is 101 cm³/mol. The molecular formula is C20H18BrNO2. The van der Waals surface area contributed by atoms with Gasteiger partial charge in [0.2, 0.25) is 0 Å². The lowest BCUT2D eigenvalue weighted by Gasteiger charge is -2.05. The molecule has 0 amide bonds. The van der Waals surface area contributed by atoms with Gasteiger partial charge in [0.05, 0.1) is 12.8 Å². The van der Waals surface area contributed by atoms with Crippen LogP contribution < -0.4 is 4.74 Å². The molecule has 1 heterocycles. The fraction of sp³-hybridized carbons (Fsp3) is 0.150. The summed E-state index contributed by atoms with van der Waals surface area (Å²) < 4.78 is 12.5. The Morgan fingerprint density at radius 2 is 1.96 bits per heavy atom. The van der Waals surface area contributed by atoms with Crippen LogP contribution in [0.1, 0.15) is 18.2 Å². The first-order valence-electron chi connectivity index (χ1n) is 7.79. The molecule has 2 aromatic carbocycles. The van der Waals surface area contributed by atoms with Crippen LogP contribution in [0.3, 0.4) is 0 Å². The average Bonchev–Trinajstić information content (AvgIpc) is 3.03. The van der Waals surface area contributed by atoms with Crippen LogP contribution in [0.15, 0.2) is 68.5 Å². The van der Waals surface area contributed by atoms with Gasteiger partial charge in [0.1, 0.15) is 23.0 Å².